The second-order valence-electron chi connectivity index (χ2n) is 29.9. The molecule has 22 aromatic rings. The molecule has 528 valence electrons. The zero-order valence-electron chi connectivity index (χ0n) is 71.6. The molecule has 0 amide bonds. The molecule has 2 aromatic heterocycles. The molecule has 2 nitrogen and oxygen atoms in total. The molecule has 0 atom stereocenters. The van der Waals surface area contributed by atoms with Crippen molar-refractivity contribution >= 4 is 109 Å². The molecule has 0 radical (unpaired) electrons. The summed E-state index contributed by atoms with van der Waals surface area (Å²) in [7, 11) is 0. The minimum atomic E-state index is -0.405. The van der Waals surface area contributed by atoms with E-state index in [0.29, 0.717) is 11.1 Å². The van der Waals surface area contributed by atoms with Crippen LogP contribution in [0, 0.1) is 0 Å². The van der Waals surface area contributed by atoms with Crippen LogP contribution < -0.4 is 0 Å². The summed E-state index contributed by atoms with van der Waals surface area (Å²) in [6.07, 6.45) is 0. The van der Waals surface area contributed by atoms with Crippen LogP contribution in [0.3, 0.4) is 0 Å². The van der Waals surface area contributed by atoms with E-state index in [1.165, 1.54) is 27.8 Å². The van der Waals surface area contributed by atoms with Gasteiger partial charge in [0.1, 0.15) is 22.3 Å². The van der Waals surface area contributed by atoms with Crippen LogP contribution in [0.25, 0.3) is 220 Å². The molecule has 113 heavy (non-hydrogen) atoms. The smallest absolute Gasteiger partial charge is 0.136 e. The van der Waals surface area contributed by atoms with Crippen molar-refractivity contribution in [2.24, 2.45) is 0 Å². The molecule has 0 bridgehead atoms. The minimum absolute atomic E-state index is 0.174. The highest BCUT2D eigenvalue weighted by atomic mass is 16.3. The maximum atomic E-state index is 9.03. The maximum Gasteiger partial charge on any atom is 0.136 e. The number of benzene rings is 20. The largest absolute Gasteiger partial charge is 0.456 e. The van der Waals surface area contributed by atoms with Crippen molar-refractivity contribution in [3.05, 3.63) is 411 Å². The van der Waals surface area contributed by atoms with E-state index < -0.39 is 12.1 Å². The van der Waals surface area contributed by atoms with Crippen LogP contribution >= 0.6 is 0 Å². The van der Waals surface area contributed by atoms with Crippen LogP contribution in [-0.4, -0.2) is 0 Å². The second-order valence-corrected chi connectivity index (χ2v) is 29.9. The summed E-state index contributed by atoms with van der Waals surface area (Å²) in [6, 6.07) is 115. The van der Waals surface area contributed by atoms with Crippen molar-refractivity contribution < 1.29 is 22.5 Å². The molecule has 20 aromatic carbocycles. The fourth-order valence-corrected chi connectivity index (χ4v) is 18.7. The number of furan rings is 2. The highest BCUT2D eigenvalue weighted by molar-refractivity contribution is 6.27. The Morgan fingerprint density at radius 3 is 0.973 bits per heavy atom. The Bertz CT molecular complexity index is 8110. The van der Waals surface area contributed by atoms with Gasteiger partial charge in [0.25, 0.3) is 0 Å². The topological polar surface area (TPSA) is 26.3 Å². The molecule has 0 unspecified atom stereocenters. The van der Waals surface area contributed by atoms with Gasteiger partial charge in [0, 0.05) is 38.1 Å². The molecule has 2 heterocycles. The minimum Gasteiger partial charge on any atom is -0.456 e. The van der Waals surface area contributed by atoms with Gasteiger partial charge in [-0.2, -0.15) is 0 Å². The summed E-state index contributed by atoms with van der Waals surface area (Å²) in [6.45, 7) is 4.65. The van der Waals surface area contributed by atoms with Gasteiger partial charge in [-0.3, -0.25) is 0 Å². The van der Waals surface area contributed by atoms with E-state index in [2.05, 4.69) is 250 Å². The summed E-state index contributed by atoms with van der Waals surface area (Å²) >= 11 is 0. The van der Waals surface area contributed by atoms with Gasteiger partial charge in [0.05, 0.1) is 13.7 Å². The molecule has 2 heteroatoms. The Balaban J connectivity index is 0.000000147. The predicted molar refractivity (Wildman–Crippen MR) is 479 cm³/mol. The molecule has 0 spiro atoms. The first-order chi connectivity index (χ1) is 60.0. The zero-order valence-corrected chi connectivity index (χ0v) is 61.6. The van der Waals surface area contributed by atoms with E-state index in [0.717, 1.165) is 181 Å². The van der Waals surface area contributed by atoms with Gasteiger partial charge in [-0.25, -0.2) is 0 Å². The SMILES string of the molecule is [2H]c1c([2H])c([2H])c(-c2c3ccccc3c(-c3cccc4c(-c5ccc6oc7ccccc7c6c5-c5ccc(-c6ccccc6)cc5)cccc34)c3ccccc23)c([2H])c1[2H].[2H]c1c([2H])c([2H])c(-c2c3ccccc3c(-c3cccc4c(-c5ccc6oc7ccccc7c6c5-c5ccc6c(c5)C(C)(C)c5ccccc5-6)cccc34)c3ccccc23)c([2H])c1[2H]. The third-order valence-electron chi connectivity index (χ3n) is 23.6. The number of para-hydroxylation sites is 2. The van der Waals surface area contributed by atoms with E-state index in [4.69, 9.17) is 22.5 Å². The molecular weight excluding hydrogens is 1370 g/mol. The summed E-state index contributed by atoms with van der Waals surface area (Å²) in [5.74, 6) is 0. The highest BCUT2D eigenvalue weighted by Gasteiger charge is 2.36. The van der Waals surface area contributed by atoms with Crippen molar-refractivity contribution in [3.63, 3.8) is 0 Å². The van der Waals surface area contributed by atoms with Crippen molar-refractivity contribution in [2.75, 3.05) is 0 Å². The van der Waals surface area contributed by atoms with E-state index >= 15 is 0 Å². The fraction of sp³-hybridized carbons (Fsp3) is 0.0270. The summed E-state index contributed by atoms with van der Waals surface area (Å²) in [5, 5.41) is 15.6. The maximum absolute atomic E-state index is 9.03. The fourth-order valence-electron chi connectivity index (χ4n) is 18.7. The zero-order chi connectivity index (χ0) is 83.5. The Kier molecular flexibility index (Phi) is 13.1. The quantitative estimate of drug-likeness (QED) is 0.135. The third-order valence-corrected chi connectivity index (χ3v) is 23.6. The lowest BCUT2D eigenvalue weighted by Gasteiger charge is -2.23. The first kappa shape index (κ1) is 55.9. The number of hydrogen-bond acceptors (Lipinski definition) is 2. The molecule has 1 aliphatic carbocycles. The molecule has 0 aliphatic heterocycles. The highest BCUT2D eigenvalue weighted by Crippen LogP contribution is 2.55. The molecular formula is C111H72O2. The van der Waals surface area contributed by atoms with Crippen LogP contribution in [0.15, 0.2) is 409 Å². The number of hydrogen-bond donors (Lipinski definition) is 0. The molecule has 0 saturated carbocycles. The van der Waals surface area contributed by atoms with Crippen LogP contribution in [0.4, 0.5) is 0 Å². The summed E-state index contributed by atoms with van der Waals surface area (Å²) in [4.78, 5) is 0. The lowest BCUT2D eigenvalue weighted by atomic mass is 9.80. The Hall–Kier alpha value is -14.4. The van der Waals surface area contributed by atoms with E-state index in [1.54, 1.807) is 0 Å². The van der Waals surface area contributed by atoms with Gasteiger partial charge < -0.3 is 8.83 Å². The van der Waals surface area contributed by atoms with Gasteiger partial charge in [-0.05, 0) is 218 Å². The van der Waals surface area contributed by atoms with Gasteiger partial charge in [0.2, 0.25) is 0 Å². The van der Waals surface area contributed by atoms with Gasteiger partial charge in [-0.15, -0.1) is 0 Å². The van der Waals surface area contributed by atoms with E-state index in [9.17, 15) is 0 Å². The van der Waals surface area contributed by atoms with Crippen molar-refractivity contribution in [1.82, 2.24) is 0 Å². The Morgan fingerprint density at radius 2 is 0.513 bits per heavy atom. The van der Waals surface area contributed by atoms with Crippen LogP contribution in [0.2, 0.25) is 0 Å². The number of fused-ring (bicyclic) bond motifs is 15. The molecule has 23 rings (SSSR count). The average molecular weight is 1450 g/mol. The average Bonchev–Trinajstić information content (AvgIpc) is 1.69. The molecule has 0 saturated heterocycles. The lowest BCUT2D eigenvalue weighted by molar-refractivity contribution is 0.660. The summed E-state index contributed by atoms with van der Waals surface area (Å²) < 4.78 is 99.9. The standard InChI is InChI=1S/C57H38O.C54H34O/c1-57(2)49-28-12-10-18-40(49)41-31-30-36(34-50(41)57)54-47(32-33-52-56(54)48-23-11-13-29-51(48)58-52)39-26-14-25-38-37(39)24-15-27-42(38)55-45-21-8-6-19-43(45)53(35-16-4-3-5-17-35)44-20-7-9-22-46(44)55;1-3-15-35(16-4-1)36-29-31-38(32-30-36)52-47(33-34-50-54(52)48-23-11-12-28-49(48)55-50)41-26-13-25-40-39(41)24-14-27-42(40)53-45-21-9-7-19-43(45)51(37-17-5-2-6-18-37)44-20-8-10-22-46(44)53/h3-34H,1-2H3;1-34H/i3D,4D,5D,16D,17D;2D,5D,6D,17D,18D. The molecule has 0 N–H and O–H groups in total. The van der Waals surface area contributed by atoms with Gasteiger partial charge in [-0.1, -0.05) is 372 Å². The van der Waals surface area contributed by atoms with Crippen molar-refractivity contribution in [3.8, 4) is 111 Å². The normalized spacial score (nSPS) is 13.6. The van der Waals surface area contributed by atoms with Crippen LogP contribution in [0.1, 0.15) is 38.7 Å². The Morgan fingerprint density at radius 1 is 0.195 bits per heavy atom. The van der Waals surface area contributed by atoms with Crippen LogP contribution in [-0.2, 0) is 5.41 Å². The van der Waals surface area contributed by atoms with E-state index in [1.807, 2.05) is 103 Å². The monoisotopic (exact) mass is 1450 g/mol. The number of rotatable bonds is 9. The van der Waals surface area contributed by atoms with Gasteiger partial charge >= 0.3 is 0 Å². The molecule has 1 aliphatic rings. The molecule has 0 fully saturated rings. The second kappa shape index (κ2) is 26.4. The van der Waals surface area contributed by atoms with Gasteiger partial charge in [0.15, 0.2) is 0 Å². The predicted octanol–water partition coefficient (Wildman–Crippen LogP) is 31.4. The lowest BCUT2D eigenvalue weighted by Crippen LogP contribution is -2.14. The first-order valence-corrected chi connectivity index (χ1v) is 38.4. The summed E-state index contributed by atoms with van der Waals surface area (Å²) in [5.41, 5.74) is 25.4. The first-order valence-electron chi connectivity index (χ1n) is 43.4. The third kappa shape index (κ3) is 10.5. The van der Waals surface area contributed by atoms with E-state index in [-0.39, 0.29) is 64.9 Å². The Labute approximate surface area is 669 Å². The van der Waals surface area contributed by atoms with Crippen molar-refractivity contribution in [2.45, 2.75) is 19.3 Å². The van der Waals surface area contributed by atoms with Crippen molar-refractivity contribution in [1.29, 1.82) is 0 Å². The van der Waals surface area contributed by atoms with Crippen LogP contribution in [0.5, 0.6) is 0 Å².